The molecular weight excluding hydrogens is 163 g/mol. The van der Waals surface area contributed by atoms with Crippen LogP contribution in [0.3, 0.4) is 0 Å². The standard InChI is InChI=1S/C6H5N2O2P/c9-6-7-2-3-1-4(11)10-5(3)8-6/h1-2H,11H2,(H,7,8,9). The Labute approximate surface area is 63.8 Å². The normalized spacial score (nSPS) is 10.6. The molecule has 2 aromatic rings. The van der Waals surface area contributed by atoms with Gasteiger partial charge in [-0.25, -0.2) is 9.78 Å². The van der Waals surface area contributed by atoms with Gasteiger partial charge in [-0.3, -0.25) is 4.98 Å². The Morgan fingerprint density at radius 1 is 1.64 bits per heavy atom. The van der Waals surface area contributed by atoms with Crippen molar-refractivity contribution in [2.45, 2.75) is 0 Å². The molecule has 1 N–H and O–H groups in total. The highest BCUT2D eigenvalue weighted by atomic mass is 31.0. The summed E-state index contributed by atoms with van der Waals surface area (Å²) in [5, 5.41) is 0.801. The van der Waals surface area contributed by atoms with Gasteiger partial charge in [0.15, 0.2) is 0 Å². The molecule has 2 heterocycles. The number of H-pyrrole nitrogens is 1. The van der Waals surface area contributed by atoms with Crippen LogP contribution < -0.4 is 11.2 Å². The lowest BCUT2D eigenvalue weighted by Gasteiger charge is -1.82. The summed E-state index contributed by atoms with van der Waals surface area (Å²) in [6, 6.07) is 1.78. The molecule has 0 spiro atoms. The molecule has 5 heteroatoms. The van der Waals surface area contributed by atoms with Crippen LogP contribution in [-0.2, 0) is 0 Å². The van der Waals surface area contributed by atoms with Crippen LogP contribution in [0.4, 0.5) is 0 Å². The van der Waals surface area contributed by atoms with E-state index in [1.54, 1.807) is 6.07 Å². The smallest absolute Gasteiger partial charge is 0.347 e. The SMILES string of the molecule is O=c1ncc2cc(P)oc2[nH]1. The Bertz CT molecular complexity index is 445. The van der Waals surface area contributed by atoms with Crippen LogP contribution in [0.2, 0.25) is 0 Å². The molecule has 0 saturated heterocycles. The first-order valence-corrected chi connectivity index (χ1v) is 3.58. The average Bonchev–Trinajstić information content (AvgIpc) is 2.27. The summed E-state index contributed by atoms with van der Waals surface area (Å²) in [6.45, 7) is 0. The van der Waals surface area contributed by atoms with Crippen molar-refractivity contribution in [1.29, 1.82) is 0 Å². The van der Waals surface area contributed by atoms with Crippen LogP contribution in [0.15, 0.2) is 21.5 Å². The molecule has 4 nitrogen and oxygen atoms in total. The van der Waals surface area contributed by atoms with E-state index in [2.05, 4.69) is 19.2 Å². The van der Waals surface area contributed by atoms with E-state index in [-0.39, 0.29) is 0 Å². The molecule has 56 valence electrons. The molecule has 0 aliphatic heterocycles. The first-order chi connectivity index (χ1) is 5.25. The number of nitrogens with zero attached hydrogens (tertiary/aromatic N) is 1. The number of furan rings is 1. The van der Waals surface area contributed by atoms with Crippen LogP contribution in [0.1, 0.15) is 0 Å². The second-order valence-electron chi connectivity index (χ2n) is 2.12. The molecule has 0 aliphatic rings. The van der Waals surface area contributed by atoms with Gasteiger partial charge >= 0.3 is 5.69 Å². The zero-order valence-corrected chi connectivity index (χ0v) is 6.65. The van der Waals surface area contributed by atoms with Crippen molar-refractivity contribution in [1.82, 2.24) is 9.97 Å². The molecule has 0 radical (unpaired) electrons. The number of aromatic nitrogens is 2. The Morgan fingerprint density at radius 2 is 2.45 bits per heavy atom. The third-order valence-electron chi connectivity index (χ3n) is 1.32. The Kier molecular flexibility index (Phi) is 1.29. The topological polar surface area (TPSA) is 58.9 Å². The van der Waals surface area contributed by atoms with Crippen LogP contribution in [0.5, 0.6) is 0 Å². The summed E-state index contributed by atoms with van der Waals surface area (Å²) in [4.78, 5) is 16.7. The zero-order valence-electron chi connectivity index (χ0n) is 5.50. The second kappa shape index (κ2) is 2.17. The largest absolute Gasteiger partial charge is 0.441 e. The van der Waals surface area contributed by atoms with Gasteiger partial charge in [-0.1, -0.05) is 9.24 Å². The molecule has 0 aromatic carbocycles. The molecule has 0 fully saturated rings. The van der Waals surface area contributed by atoms with E-state index in [4.69, 9.17) is 4.42 Å². The fourth-order valence-electron chi connectivity index (χ4n) is 0.876. The molecule has 2 rings (SSSR count). The van der Waals surface area contributed by atoms with Crippen molar-refractivity contribution < 1.29 is 4.42 Å². The first-order valence-electron chi connectivity index (χ1n) is 3.00. The van der Waals surface area contributed by atoms with E-state index >= 15 is 0 Å². The molecule has 11 heavy (non-hydrogen) atoms. The molecule has 0 bridgehead atoms. The first kappa shape index (κ1) is 6.55. The van der Waals surface area contributed by atoms with Gasteiger partial charge in [-0.15, -0.1) is 0 Å². The van der Waals surface area contributed by atoms with Gasteiger partial charge in [0.25, 0.3) is 0 Å². The van der Waals surface area contributed by atoms with Gasteiger partial charge in [0.2, 0.25) is 5.71 Å². The second-order valence-corrected chi connectivity index (χ2v) is 2.69. The highest BCUT2D eigenvalue weighted by molar-refractivity contribution is 7.26. The zero-order chi connectivity index (χ0) is 7.84. The van der Waals surface area contributed by atoms with Crippen LogP contribution in [0, 0.1) is 0 Å². The van der Waals surface area contributed by atoms with E-state index < -0.39 is 5.69 Å². The number of nitrogens with one attached hydrogen (secondary N) is 1. The van der Waals surface area contributed by atoms with E-state index in [9.17, 15) is 4.79 Å². The lowest BCUT2D eigenvalue weighted by Crippen LogP contribution is -2.07. The summed E-state index contributed by atoms with van der Waals surface area (Å²) in [5.41, 5.74) is 0.760. The van der Waals surface area contributed by atoms with E-state index in [1.165, 1.54) is 6.20 Å². The number of rotatable bonds is 0. The Morgan fingerprint density at radius 3 is 3.27 bits per heavy atom. The maximum absolute atomic E-state index is 10.7. The highest BCUT2D eigenvalue weighted by Gasteiger charge is 1.99. The Balaban J connectivity index is 2.92. The quantitative estimate of drug-likeness (QED) is 0.564. The summed E-state index contributed by atoms with van der Waals surface area (Å²) in [5.74, 6) is 0. The third-order valence-corrected chi connectivity index (χ3v) is 1.61. The van der Waals surface area contributed by atoms with Gasteiger partial charge in [-0.05, 0) is 6.07 Å². The molecule has 0 amide bonds. The van der Waals surface area contributed by atoms with Gasteiger partial charge in [-0.2, -0.15) is 0 Å². The fraction of sp³-hybridized carbons (Fsp3) is 0. The van der Waals surface area contributed by atoms with E-state index in [1.807, 2.05) is 0 Å². The van der Waals surface area contributed by atoms with Crippen LogP contribution in [-0.4, -0.2) is 9.97 Å². The lowest BCUT2D eigenvalue weighted by molar-refractivity contribution is 0.638. The van der Waals surface area contributed by atoms with Crippen LogP contribution >= 0.6 is 9.24 Å². The maximum atomic E-state index is 10.7. The predicted octanol–water partition coefficient (Wildman–Crippen LogP) is 0.0165. The monoisotopic (exact) mass is 168 g/mol. The molecule has 0 saturated carbocycles. The summed E-state index contributed by atoms with van der Waals surface area (Å²) in [6.07, 6.45) is 1.48. The minimum Gasteiger partial charge on any atom is -0.441 e. The summed E-state index contributed by atoms with van der Waals surface area (Å²) in [7, 11) is 2.40. The predicted molar refractivity (Wildman–Crippen MR) is 44.0 cm³/mol. The number of hydrogen-bond acceptors (Lipinski definition) is 3. The van der Waals surface area contributed by atoms with Crippen molar-refractivity contribution in [3.8, 4) is 0 Å². The van der Waals surface area contributed by atoms with Gasteiger partial charge in [0.1, 0.15) is 5.50 Å². The molecule has 1 unspecified atom stereocenters. The minimum absolute atomic E-state index is 0.392. The Hall–Kier alpha value is -1.15. The molecule has 1 atom stereocenters. The lowest BCUT2D eigenvalue weighted by atomic mass is 10.4. The fourth-order valence-corrected chi connectivity index (χ4v) is 1.17. The molecular formula is C6H5N2O2P. The third kappa shape index (κ3) is 1.05. The van der Waals surface area contributed by atoms with E-state index in [0.717, 1.165) is 5.39 Å². The highest BCUT2D eigenvalue weighted by Crippen LogP contribution is 2.08. The number of fused-ring (bicyclic) bond motifs is 1. The van der Waals surface area contributed by atoms with Gasteiger partial charge in [0, 0.05) is 6.20 Å². The maximum Gasteiger partial charge on any atom is 0.347 e. The summed E-state index contributed by atoms with van der Waals surface area (Å²) < 4.78 is 5.12. The number of aromatic amines is 1. The molecule has 2 aromatic heterocycles. The van der Waals surface area contributed by atoms with E-state index in [0.29, 0.717) is 11.2 Å². The van der Waals surface area contributed by atoms with Crippen molar-refractivity contribution in [2.24, 2.45) is 0 Å². The van der Waals surface area contributed by atoms with Crippen molar-refractivity contribution in [2.75, 3.05) is 0 Å². The van der Waals surface area contributed by atoms with Crippen molar-refractivity contribution in [3.63, 3.8) is 0 Å². The van der Waals surface area contributed by atoms with Gasteiger partial charge < -0.3 is 4.42 Å². The van der Waals surface area contributed by atoms with Gasteiger partial charge in [0.05, 0.1) is 5.39 Å². The van der Waals surface area contributed by atoms with Crippen LogP contribution in [0.25, 0.3) is 11.1 Å². The number of hydrogen-bond donors (Lipinski definition) is 1. The molecule has 0 aliphatic carbocycles. The van der Waals surface area contributed by atoms with Crippen molar-refractivity contribution in [3.05, 3.63) is 22.7 Å². The minimum atomic E-state index is -0.392. The average molecular weight is 168 g/mol. The van der Waals surface area contributed by atoms with Crippen molar-refractivity contribution >= 4 is 25.8 Å². The summed E-state index contributed by atoms with van der Waals surface area (Å²) >= 11 is 0.